The Morgan fingerprint density at radius 1 is 1.35 bits per heavy atom. The summed E-state index contributed by atoms with van der Waals surface area (Å²) in [5.41, 5.74) is 2.79. The number of anilines is 1. The van der Waals surface area contributed by atoms with Gasteiger partial charge in [-0.3, -0.25) is 0 Å². The summed E-state index contributed by atoms with van der Waals surface area (Å²) in [4.78, 5) is 0. The molecule has 0 aliphatic heterocycles. The molecule has 1 aromatic carbocycles. The van der Waals surface area contributed by atoms with E-state index >= 15 is 0 Å². The molecule has 0 unspecified atom stereocenters. The average Bonchev–Trinajstić information content (AvgIpc) is 2.82. The highest BCUT2D eigenvalue weighted by molar-refractivity contribution is 7.07. The fourth-order valence-electron chi connectivity index (χ4n) is 1.50. The van der Waals surface area contributed by atoms with Crippen LogP contribution >= 0.6 is 22.9 Å². The van der Waals surface area contributed by atoms with Crippen molar-refractivity contribution in [3.63, 3.8) is 0 Å². The fraction of sp³-hybridized carbons (Fsp3) is 0.154. The third kappa shape index (κ3) is 3.23. The molecule has 0 spiro atoms. The van der Waals surface area contributed by atoms with Gasteiger partial charge >= 0.3 is 0 Å². The zero-order valence-corrected chi connectivity index (χ0v) is 10.7. The van der Waals surface area contributed by atoms with E-state index in [1.807, 2.05) is 12.1 Å². The van der Waals surface area contributed by atoms with Crippen LogP contribution in [0.1, 0.15) is 11.1 Å². The molecule has 0 amide bonds. The Bertz CT molecular complexity index is 529. The van der Waals surface area contributed by atoms with Gasteiger partial charge in [0.15, 0.2) is 0 Å². The van der Waals surface area contributed by atoms with Gasteiger partial charge in [-0.15, -0.1) is 0 Å². The molecule has 0 aliphatic rings. The summed E-state index contributed by atoms with van der Waals surface area (Å²) in [6.07, 6.45) is 0.987. The highest BCUT2D eigenvalue weighted by Crippen LogP contribution is 2.20. The van der Waals surface area contributed by atoms with Crippen LogP contribution < -0.4 is 5.32 Å². The topological polar surface area (TPSA) is 35.8 Å². The number of halogens is 1. The van der Waals surface area contributed by atoms with Gasteiger partial charge in [0.1, 0.15) is 6.07 Å². The minimum Gasteiger partial charge on any atom is -0.385 e. The Balaban J connectivity index is 1.91. The third-order valence-corrected chi connectivity index (χ3v) is 3.46. The molecule has 0 saturated heterocycles. The predicted octanol–water partition coefficient (Wildman–Crippen LogP) is 3.93. The Morgan fingerprint density at radius 3 is 2.88 bits per heavy atom. The van der Waals surface area contributed by atoms with Gasteiger partial charge in [-0.25, -0.2) is 0 Å². The molecule has 4 heteroatoms. The van der Waals surface area contributed by atoms with E-state index in [0.717, 1.165) is 18.7 Å². The Morgan fingerprint density at radius 2 is 2.24 bits per heavy atom. The molecule has 0 radical (unpaired) electrons. The summed E-state index contributed by atoms with van der Waals surface area (Å²) in [6, 6.07) is 9.56. The van der Waals surface area contributed by atoms with Crippen molar-refractivity contribution < 1.29 is 0 Å². The molecule has 0 aliphatic carbocycles. The second-order valence-electron chi connectivity index (χ2n) is 3.61. The third-order valence-electron chi connectivity index (χ3n) is 2.41. The molecule has 0 saturated carbocycles. The summed E-state index contributed by atoms with van der Waals surface area (Å²) < 4.78 is 0. The number of hydrogen-bond acceptors (Lipinski definition) is 3. The van der Waals surface area contributed by atoms with Gasteiger partial charge in [-0.2, -0.15) is 16.6 Å². The van der Waals surface area contributed by atoms with Crippen LogP contribution in [-0.4, -0.2) is 6.54 Å². The summed E-state index contributed by atoms with van der Waals surface area (Å²) in [5.74, 6) is 0. The van der Waals surface area contributed by atoms with Crippen LogP contribution in [0.3, 0.4) is 0 Å². The van der Waals surface area contributed by atoms with Crippen LogP contribution in [-0.2, 0) is 6.42 Å². The zero-order valence-electron chi connectivity index (χ0n) is 9.11. The van der Waals surface area contributed by atoms with Crippen LogP contribution in [0.15, 0.2) is 35.0 Å². The second-order valence-corrected chi connectivity index (χ2v) is 4.80. The second kappa shape index (κ2) is 5.72. The van der Waals surface area contributed by atoms with E-state index in [0.29, 0.717) is 10.6 Å². The first-order chi connectivity index (χ1) is 8.29. The largest absolute Gasteiger partial charge is 0.385 e. The van der Waals surface area contributed by atoms with Crippen LogP contribution in [0.4, 0.5) is 5.69 Å². The Kier molecular flexibility index (Phi) is 4.03. The maximum absolute atomic E-state index is 8.76. The lowest BCUT2D eigenvalue weighted by molar-refractivity contribution is 1.03. The smallest absolute Gasteiger partial charge is 0.101 e. The molecule has 17 heavy (non-hydrogen) atoms. The summed E-state index contributed by atoms with van der Waals surface area (Å²) in [6.45, 7) is 0.860. The van der Waals surface area contributed by atoms with Gasteiger partial charge in [0.25, 0.3) is 0 Å². The predicted molar refractivity (Wildman–Crippen MR) is 72.7 cm³/mol. The van der Waals surface area contributed by atoms with Crippen molar-refractivity contribution >= 4 is 28.6 Å². The summed E-state index contributed by atoms with van der Waals surface area (Å²) >= 11 is 7.66. The number of nitrogens with zero attached hydrogens (tertiary/aromatic N) is 1. The highest BCUT2D eigenvalue weighted by Gasteiger charge is 2.00. The number of rotatable bonds is 4. The van der Waals surface area contributed by atoms with E-state index in [2.05, 4.69) is 22.1 Å². The van der Waals surface area contributed by atoms with Gasteiger partial charge in [0.2, 0.25) is 0 Å². The Hall–Kier alpha value is -1.50. The van der Waals surface area contributed by atoms with Crippen LogP contribution in [0.5, 0.6) is 0 Å². The molecule has 0 atom stereocenters. The standard InChI is InChI=1S/C13H11ClN2S/c14-13-7-12(2-1-11(13)8-15)16-5-3-10-4-6-17-9-10/h1-2,4,6-7,9,16H,3,5H2. The van der Waals surface area contributed by atoms with E-state index in [-0.39, 0.29) is 0 Å². The van der Waals surface area contributed by atoms with Crippen molar-refractivity contribution in [2.75, 3.05) is 11.9 Å². The van der Waals surface area contributed by atoms with E-state index in [1.165, 1.54) is 5.56 Å². The lowest BCUT2D eigenvalue weighted by Crippen LogP contribution is -2.04. The normalized spacial score (nSPS) is 9.88. The van der Waals surface area contributed by atoms with Crippen molar-refractivity contribution in [2.24, 2.45) is 0 Å². The van der Waals surface area contributed by atoms with Gasteiger partial charge in [-0.05, 0) is 47.0 Å². The van der Waals surface area contributed by atoms with E-state index in [4.69, 9.17) is 16.9 Å². The van der Waals surface area contributed by atoms with Gasteiger partial charge in [0.05, 0.1) is 10.6 Å². The highest BCUT2D eigenvalue weighted by atomic mass is 35.5. The van der Waals surface area contributed by atoms with Gasteiger partial charge < -0.3 is 5.32 Å². The molecule has 0 bridgehead atoms. The van der Waals surface area contributed by atoms with Crippen LogP contribution in [0.2, 0.25) is 5.02 Å². The molecular weight excluding hydrogens is 252 g/mol. The zero-order chi connectivity index (χ0) is 12.1. The van der Waals surface area contributed by atoms with Crippen molar-refractivity contribution in [1.29, 1.82) is 5.26 Å². The first kappa shape index (κ1) is 12.0. The van der Waals surface area contributed by atoms with Crippen molar-refractivity contribution in [2.45, 2.75) is 6.42 Å². The number of benzene rings is 1. The minimum atomic E-state index is 0.494. The van der Waals surface area contributed by atoms with Gasteiger partial charge in [0, 0.05) is 12.2 Å². The number of thiophene rings is 1. The molecule has 86 valence electrons. The van der Waals surface area contributed by atoms with Crippen molar-refractivity contribution in [1.82, 2.24) is 0 Å². The molecule has 2 aromatic rings. The number of nitrogens with one attached hydrogen (secondary N) is 1. The maximum Gasteiger partial charge on any atom is 0.101 e. The molecule has 0 fully saturated rings. The molecule has 1 aromatic heterocycles. The number of nitriles is 1. The lowest BCUT2D eigenvalue weighted by atomic mass is 10.2. The van der Waals surface area contributed by atoms with E-state index < -0.39 is 0 Å². The minimum absolute atomic E-state index is 0.494. The molecule has 2 nitrogen and oxygen atoms in total. The fourth-order valence-corrected chi connectivity index (χ4v) is 2.43. The lowest BCUT2D eigenvalue weighted by Gasteiger charge is -2.06. The summed E-state index contributed by atoms with van der Waals surface area (Å²) in [5, 5.41) is 16.8. The SMILES string of the molecule is N#Cc1ccc(NCCc2ccsc2)cc1Cl. The van der Waals surface area contributed by atoms with Crippen molar-refractivity contribution in [3.05, 3.63) is 51.2 Å². The summed E-state index contributed by atoms with van der Waals surface area (Å²) in [7, 11) is 0. The van der Waals surface area contributed by atoms with Gasteiger partial charge in [-0.1, -0.05) is 11.6 Å². The molecule has 2 rings (SSSR count). The molecular formula is C13H11ClN2S. The molecule has 1 heterocycles. The molecule has 1 N–H and O–H groups in total. The maximum atomic E-state index is 8.76. The Labute approximate surface area is 109 Å². The monoisotopic (exact) mass is 262 g/mol. The van der Waals surface area contributed by atoms with E-state index in [1.54, 1.807) is 23.5 Å². The average molecular weight is 263 g/mol. The number of hydrogen-bond donors (Lipinski definition) is 1. The van der Waals surface area contributed by atoms with Crippen LogP contribution in [0, 0.1) is 11.3 Å². The first-order valence-corrected chi connectivity index (χ1v) is 6.56. The van der Waals surface area contributed by atoms with Crippen LogP contribution in [0.25, 0.3) is 0 Å². The van der Waals surface area contributed by atoms with E-state index in [9.17, 15) is 0 Å². The quantitative estimate of drug-likeness (QED) is 0.906. The first-order valence-electron chi connectivity index (χ1n) is 5.24. The van der Waals surface area contributed by atoms with Crippen molar-refractivity contribution in [3.8, 4) is 6.07 Å².